The van der Waals surface area contributed by atoms with Gasteiger partial charge in [-0.1, -0.05) is 36.4 Å². The second kappa shape index (κ2) is 7.43. The van der Waals surface area contributed by atoms with E-state index in [1.165, 1.54) is 0 Å². The molecule has 0 aliphatic carbocycles. The highest BCUT2D eigenvalue weighted by Crippen LogP contribution is 2.28. The van der Waals surface area contributed by atoms with E-state index in [1.807, 2.05) is 24.3 Å². The number of aliphatic hydroxyl groups is 1. The molecule has 0 spiro atoms. The van der Waals surface area contributed by atoms with Gasteiger partial charge < -0.3 is 16.2 Å². The molecule has 5 nitrogen and oxygen atoms in total. The number of nitrogens with zero attached hydrogens (tertiary/aromatic N) is 2. The van der Waals surface area contributed by atoms with Gasteiger partial charge in [0, 0.05) is 41.3 Å². The zero-order chi connectivity index (χ0) is 18.6. The van der Waals surface area contributed by atoms with Crippen LogP contribution in [-0.2, 0) is 0 Å². The number of aliphatic hydroxyl groups excluding tert-OH is 1. The molecule has 2 heterocycles. The van der Waals surface area contributed by atoms with Crippen molar-refractivity contribution >= 4 is 22.3 Å². The van der Waals surface area contributed by atoms with Crippen molar-refractivity contribution in [2.45, 2.75) is 0 Å². The first-order valence-corrected chi connectivity index (χ1v) is 8.80. The van der Waals surface area contributed by atoms with Crippen LogP contribution in [0.25, 0.3) is 33.3 Å². The molecule has 4 rings (SSSR count). The predicted molar refractivity (Wildman–Crippen MR) is 110 cm³/mol. The third-order valence-electron chi connectivity index (χ3n) is 4.48. The first-order chi connectivity index (χ1) is 13.2. The van der Waals surface area contributed by atoms with Gasteiger partial charge in [-0.3, -0.25) is 4.98 Å². The van der Waals surface area contributed by atoms with Crippen LogP contribution in [0.3, 0.4) is 0 Å². The number of benzene rings is 2. The number of nitrogens with one attached hydrogen (secondary N) is 1. The van der Waals surface area contributed by atoms with E-state index >= 15 is 0 Å². The molecule has 0 saturated carbocycles. The number of anilines is 2. The van der Waals surface area contributed by atoms with E-state index in [4.69, 9.17) is 15.8 Å². The fraction of sp³-hybridized carbons (Fsp3) is 0.0909. The Kier molecular flexibility index (Phi) is 4.68. The number of hydrogen-bond donors (Lipinski definition) is 3. The molecule has 0 atom stereocenters. The molecular formula is C22H20N4O. The normalized spacial score (nSPS) is 10.9. The Morgan fingerprint density at radius 1 is 0.889 bits per heavy atom. The van der Waals surface area contributed by atoms with E-state index in [1.54, 1.807) is 12.4 Å². The Bertz CT molecular complexity index is 1060. The summed E-state index contributed by atoms with van der Waals surface area (Å²) in [5, 5.41) is 12.9. The molecule has 2 aromatic heterocycles. The van der Waals surface area contributed by atoms with E-state index < -0.39 is 0 Å². The smallest absolute Gasteiger partial charge is 0.0761 e. The minimum atomic E-state index is 0.118. The van der Waals surface area contributed by atoms with Gasteiger partial charge in [-0.25, -0.2) is 4.98 Å². The second-order valence-corrected chi connectivity index (χ2v) is 6.29. The highest BCUT2D eigenvalue weighted by atomic mass is 16.3. The third-order valence-corrected chi connectivity index (χ3v) is 4.48. The summed E-state index contributed by atoms with van der Waals surface area (Å²) in [7, 11) is 0. The molecule has 134 valence electrons. The maximum absolute atomic E-state index is 8.88. The van der Waals surface area contributed by atoms with Gasteiger partial charge in [-0.05, 0) is 35.4 Å². The Labute approximate surface area is 157 Å². The molecule has 2 aromatic carbocycles. The van der Waals surface area contributed by atoms with Crippen molar-refractivity contribution in [3.63, 3.8) is 0 Å². The largest absolute Gasteiger partial charge is 0.398 e. The summed E-state index contributed by atoms with van der Waals surface area (Å²) in [5.74, 6) is 0. The first kappa shape index (κ1) is 17.0. The second-order valence-electron chi connectivity index (χ2n) is 6.29. The van der Waals surface area contributed by atoms with E-state index in [0.29, 0.717) is 12.2 Å². The monoisotopic (exact) mass is 356 g/mol. The van der Waals surface area contributed by atoms with Crippen LogP contribution in [0.1, 0.15) is 0 Å². The highest BCUT2D eigenvalue weighted by molar-refractivity contribution is 5.92. The highest BCUT2D eigenvalue weighted by Gasteiger charge is 2.06. The molecule has 0 fully saturated rings. The summed E-state index contributed by atoms with van der Waals surface area (Å²) in [6, 6.07) is 20.2. The quantitative estimate of drug-likeness (QED) is 0.504. The zero-order valence-corrected chi connectivity index (χ0v) is 14.8. The summed E-state index contributed by atoms with van der Waals surface area (Å²) in [4.78, 5) is 8.81. The summed E-state index contributed by atoms with van der Waals surface area (Å²) >= 11 is 0. The van der Waals surface area contributed by atoms with E-state index in [0.717, 1.165) is 39.0 Å². The van der Waals surface area contributed by atoms with Crippen molar-refractivity contribution in [3.8, 4) is 22.4 Å². The van der Waals surface area contributed by atoms with Crippen LogP contribution in [0.4, 0.5) is 11.4 Å². The molecule has 0 bridgehead atoms. The predicted octanol–water partition coefficient (Wildman–Crippen LogP) is 3.95. The Morgan fingerprint density at radius 2 is 1.56 bits per heavy atom. The van der Waals surface area contributed by atoms with Gasteiger partial charge >= 0.3 is 0 Å². The van der Waals surface area contributed by atoms with Gasteiger partial charge in [0.2, 0.25) is 0 Å². The van der Waals surface area contributed by atoms with Crippen LogP contribution in [-0.4, -0.2) is 28.2 Å². The van der Waals surface area contributed by atoms with Gasteiger partial charge in [0.15, 0.2) is 0 Å². The third kappa shape index (κ3) is 3.59. The fourth-order valence-electron chi connectivity index (χ4n) is 3.06. The number of pyridine rings is 2. The SMILES string of the molecule is Nc1cc(-c2ccc(-c3ccc(NCCO)cc3)cc2)nc2ccncc12. The molecule has 0 aliphatic heterocycles. The van der Waals surface area contributed by atoms with Crippen molar-refractivity contribution in [1.29, 1.82) is 0 Å². The van der Waals surface area contributed by atoms with E-state index in [9.17, 15) is 0 Å². The summed E-state index contributed by atoms with van der Waals surface area (Å²) in [6.45, 7) is 0.666. The molecule has 0 amide bonds. The zero-order valence-electron chi connectivity index (χ0n) is 14.8. The van der Waals surface area contributed by atoms with Crippen LogP contribution >= 0.6 is 0 Å². The lowest BCUT2D eigenvalue weighted by Crippen LogP contribution is -2.04. The Balaban J connectivity index is 1.60. The molecule has 27 heavy (non-hydrogen) atoms. The minimum absolute atomic E-state index is 0.118. The molecule has 0 aliphatic rings. The average molecular weight is 356 g/mol. The van der Waals surface area contributed by atoms with Crippen LogP contribution in [0.2, 0.25) is 0 Å². The Morgan fingerprint density at radius 3 is 2.26 bits per heavy atom. The number of fused-ring (bicyclic) bond motifs is 1. The molecule has 0 unspecified atom stereocenters. The lowest BCUT2D eigenvalue weighted by Gasteiger charge is -2.09. The molecule has 5 heteroatoms. The van der Waals surface area contributed by atoms with Gasteiger partial charge in [0.1, 0.15) is 0 Å². The van der Waals surface area contributed by atoms with Gasteiger partial charge in [-0.2, -0.15) is 0 Å². The van der Waals surface area contributed by atoms with E-state index in [2.05, 4.69) is 46.7 Å². The molecule has 0 radical (unpaired) electrons. The van der Waals surface area contributed by atoms with Crippen molar-refractivity contribution < 1.29 is 5.11 Å². The maximum Gasteiger partial charge on any atom is 0.0761 e. The molecule has 4 N–H and O–H groups in total. The average Bonchev–Trinajstić information content (AvgIpc) is 2.73. The van der Waals surface area contributed by atoms with Crippen molar-refractivity contribution in [2.24, 2.45) is 0 Å². The van der Waals surface area contributed by atoms with Gasteiger partial charge in [0.05, 0.1) is 17.8 Å². The minimum Gasteiger partial charge on any atom is -0.398 e. The molecule has 0 saturated heterocycles. The van der Waals surface area contributed by atoms with Crippen molar-refractivity contribution in [3.05, 3.63) is 73.1 Å². The maximum atomic E-state index is 8.88. The standard InChI is InChI=1S/C22H20N4O/c23-20-13-22(26-21-9-10-24-14-19(20)21)17-3-1-15(2-4-17)16-5-7-18(8-6-16)25-11-12-27/h1-10,13-14,25,27H,11-12H2,(H2,23,26). The molecule has 4 aromatic rings. The lowest BCUT2D eigenvalue weighted by atomic mass is 10.0. The van der Waals surface area contributed by atoms with Crippen LogP contribution in [0, 0.1) is 0 Å². The number of nitrogens with two attached hydrogens (primary N) is 1. The number of hydrogen-bond acceptors (Lipinski definition) is 5. The van der Waals surface area contributed by atoms with Crippen molar-refractivity contribution in [1.82, 2.24) is 9.97 Å². The van der Waals surface area contributed by atoms with Crippen LogP contribution in [0.5, 0.6) is 0 Å². The van der Waals surface area contributed by atoms with Crippen LogP contribution < -0.4 is 11.1 Å². The molecular weight excluding hydrogens is 336 g/mol. The first-order valence-electron chi connectivity index (χ1n) is 8.80. The fourth-order valence-corrected chi connectivity index (χ4v) is 3.06. The number of aromatic nitrogens is 2. The number of nitrogen functional groups attached to an aromatic ring is 1. The lowest BCUT2D eigenvalue weighted by molar-refractivity contribution is 0.311. The topological polar surface area (TPSA) is 84.1 Å². The Hall–Kier alpha value is -3.44. The summed E-state index contributed by atoms with van der Waals surface area (Å²) in [6.07, 6.45) is 3.46. The van der Waals surface area contributed by atoms with Crippen LogP contribution in [0.15, 0.2) is 73.1 Å². The summed E-state index contributed by atoms with van der Waals surface area (Å²) in [5.41, 5.74) is 12.8. The van der Waals surface area contributed by atoms with E-state index in [-0.39, 0.29) is 6.61 Å². The van der Waals surface area contributed by atoms with Crippen molar-refractivity contribution in [2.75, 3.05) is 24.2 Å². The van der Waals surface area contributed by atoms with Gasteiger partial charge in [-0.15, -0.1) is 0 Å². The summed E-state index contributed by atoms with van der Waals surface area (Å²) < 4.78 is 0. The number of rotatable bonds is 5. The van der Waals surface area contributed by atoms with Gasteiger partial charge in [0.25, 0.3) is 0 Å².